The molecule has 3 heteroatoms. The third kappa shape index (κ3) is 9.81. The van der Waals surface area contributed by atoms with Gasteiger partial charge in [0.15, 0.2) is 0 Å². The first-order valence-corrected chi connectivity index (χ1v) is 9.69. The van der Waals surface area contributed by atoms with E-state index in [0.29, 0.717) is 0 Å². The van der Waals surface area contributed by atoms with Crippen molar-refractivity contribution in [2.45, 2.75) is 72.3 Å². The fourth-order valence-corrected chi connectivity index (χ4v) is 3.14. The lowest BCUT2D eigenvalue weighted by molar-refractivity contribution is -0.929. The molecule has 1 atom stereocenters. The fourth-order valence-electron chi connectivity index (χ4n) is 3.14. The van der Waals surface area contributed by atoms with Crippen LogP contribution in [-0.2, 0) is 0 Å². The third-order valence-corrected chi connectivity index (χ3v) is 5.31. The smallest absolute Gasteiger partial charge is 0.101 e. The molecule has 0 aromatic rings. The van der Waals surface area contributed by atoms with Crippen molar-refractivity contribution < 1.29 is 4.48 Å². The lowest BCUT2D eigenvalue weighted by Gasteiger charge is -2.40. The maximum atomic E-state index is 3.70. The minimum Gasteiger partial charge on any atom is -0.323 e. The van der Waals surface area contributed by atoms with Gasteiger partial charge < -0.3 is 15.1 Å². The zero-order chi connectivity index (χ0) is 16.8. The molecular formula is C19H44N3+. The Labute approximate surface area is 140 Å². The molecule has 0 radical (unpaired) electrons. The van der Waals surface area contributed by atoms with Crippen LogP contribution in [0.5, 0.6) is 0 Å². The van der Waals surface area contributed by atoms with Crippen LogP contribution in [0.1, 0.15) is 66.2 Å². The van der Waals surface area contributed by atoms with E-state index in [-0.39, 0.29) is 0 Å². The van der Waals surface area contributed by atoms with Crippen LogP contribution in [0.3, 0.4) is 0 Å². The summed E-state index contributed by atoms with van der Waals surface area (Å²) in [6.45, 7) is 15.3. The standard InChI is InChI=1S/C19H44N3/c1-7-22(6,8-2)19(17-21-16-12-15-20-5)14-11-9-10-13-18(3)4/h18-21H,7-17H2,1-6H3/q+1. The number of unbranched alkanes of at least 4 members (excludes halogenated alkanes) is 2. The molecule has 3 nitrogen and oxygen atoms in total. The zero-order valence-electron chi connectivity index (χ0n) is 16.4. The van der Waals surface area contributed by atoms with Crippen LogP contribution >= 0.6 is 0 Å². The van der Waals surface area contributed by atoms with Gasteiger partial charge in [-0.05, 0) is 52.7 Å². The predicted molar refractivity (Wildman–Crippen MR) is 100 cm³/mol. The Bertz CT molecular complexity index is 237. The molecule has 0 bridgehead atoms. The minimum absolute atomic E-state index is 0.767. The van der Waals surface area contributed by atoms with Crippen LogP contribution in [-0.4, -0.2) is 57.3 Å². The van der Waals surface area contributed by atoms with Crippen LogP contribution in [0, 0.1) is 5.92 Å². The summed E-state index contributed by atoms with van der Waals surface area (Å²) in [5, 5.41) is 6.92. The molecule has 0 aliphatic heterocycles. The molecule has 22 heavy (non-hydrogen) atoms. The highest BCUT2D eigenvalue weighted by atomic mass is 15.4. The summed E-state index contributed by atoms with van der Waals surface area (Å²) in [4.78, 5) is 0. The summed E-state index contributed by atoms with van der Waals surface area (Å²) < 4.78 is 1.21. The Hall–Kier alpha value is -0.120. The number of hydrogen-bond acceptors (Lipinski definition) is 2. The lowest BCUT2D eigenvalue weighted by Crippen LogP contribution is -2.55. The van der Waals surface area contributed by atoms with Gasteiger partial charge in [-0.2, -0.15) is 0 Å². The zero-order valence-corrected chi connectivity index (χ0v) is 16.4. The molecule has 0 aliphatic rings. The number of nitrogens with one attached hydrogen (secondary N) is 2. The first-order chi connectivity index (χ1) is 10.5. The normalized spacial score (nSPS) is 13.8. The number of likely N-dealkylation sites (N-methyl/N-ethyl adjacent to an activating group) is 1. The van der Waals surface area contributed by atoms with Gasteiger partial charge in [-0.25, -0.2) is 0 Å². The molecular weight excluding hydrogens is 270 g/mol. The second kappa shape index (κ2) is 13.3. The molecule has 2 N–H and O–H groups in total. The third-order valence-electron chi connectivity index (χ3n) is 5.31. The molecule has 0 rings (SSSR count). The van der Waals surface area contributed by atoms with E-state index in [4.69, 9.17) is 0 Å². The van der Waals surface area contributed by atoms with Crippen LogP contribution in [0.4, 0.5) is 0 Å². The Kier molecular flexibility index (Phi) is 13.3. The summed E-state index contributed by atoms with van der Waals surface area (Å²) in [5.41, 5.74) is 0. The highest BCUT2D eigenvalue weighted by Gasteiger charge is 2.28. The number of rotatable bonds is 15. The summed E-state index contributed by atoms with van der Waals surface area (Å²) >= 11 is 0. The molecule has 1 unspecified atom stereocenters. The monoisotopic (exact) mass is 314 g/mol. The van der Waals surface area contributed by atoms with Gasteiger partial charge in [-0.1, -0.05) is 33.1 Å². The van der Waals surface area contributed by atoms with Gasteiger partial charge in [-0.3, -0.25) is 0 Å². The van der Waals surface area contributed by atoms with Crippen molar-refractivity contribution in [3.05, 3.63) is 0 Å². The van der Waals surface area contributed by atoms with Gasteiger partial charge in [0.25, 0.3) is 0 Å². The SMILES string of the molecule is CC[N+](C)(CC)C(CCCCCC(C)C)CNCCCNC. The number of nitrogens with zero attached hydrogens (tertiary/aromatic N) is 1. The molecule has 0 heterocycles. The maximum Gasteiger partial charge on any atom is 0.101 e. The first-order valence-electron chi connectivity index (χ1n) is 9.69. The van der Waals surface area contributed by atoms with E-state index in [1.807, 2.05) is 7.05 Å². The molecule has 0 saturated carbocycles. The number of quaternary nitrogens is 1. The van der Waals surface area contributed by atoms with Crippen molar-refractivity contribution in [2.24, 2.45) is 5.92 Å². The molecule has 0 spiro atoms. The summed E-state index contributed by atoms with van der Waals surface area (Å²) in [6.07, 6.45) is 8.18. The topological polar surface area (TPSA) is 24.1 Å². The van der Waals surface area contributed by atoms with E-state index in [1.165, 1.54) is 62.6 Å². The van der Waals surface area contributed by atoms with Crippen molar-refractivity contribution in [2.75, 3.05) is 46.8 Å². The summed E-state index contributed by atoms with van der Waals surface area (Å²) in [7, 11) is 4.47. The van der Waals surface area contributed by atoms with Gasteiger partial charge in [0.05, 0.1) is 20.1 Å². The second-order valence-electron chi connectivity index (χ2n) is 7.46. The summed E-state index contributed by atoms with van der Waals surface area (Å²) in [6, 6.07) is 0.767. The largest absolute Gasteiger partial charge is 0.323 e. The average molecular weight is 315 g/mol. The summed E-state index contributed by atoms with van der Waals surface area (Å²) in [5.74, 6) is 0.858. The van der Waals surface area contributed by atoms with Gasteiger partial charge in [-0.15, -0.1) is 0 Å². The number of hydrogen-bond donors (Lipinski definition) is 2. The fraction of sp³-hybridized carbons (Fsp3) is 1.00. The Morgan fingerprint density at radius 1 is 0.864 bits per heavy atom. The Balaban J connectivity index is 4.17. The Morgan fingerprint density at radius 2 is 1.50 bits per heavy atom. The van der Waals surface area contributed by atoms with Crippen LogP contribution in [0.25, 0.3) is 0 Å². The molecule has 0 fully saturated rings. The highest BCUT2D eigenvalue weighted by Crippen LogP contribution is 2.18. The second-order valence-corrected chi connectivity index (χ2v) is 7.46. The molecule has 0 aliphatic carbocycles. The quantitative estimate of drug-likeness (QED) is 0.356. The van der Waals surface area contributed by atoms with E-state index in [2.05, 4.69) is 45.4 Å². The van der Waals surface area contributed by atoms with E-state index in [9.17, 15) is 0 Å². The van der Waals surface area contributed by atoms with Gasteiger partial charge in [0.1, 0.15) is 6.04 Å². The molecule has 0 saturated heterocycles. The van der Waals surface area contributed by atoms with E-state index in [0.717, 1.165) is 25.0 Å². The first kappa shape index (κ1) is 21.9. The van der Waals surface area contributed by atoms with Crippen molar-refractivity contribution in [3.63, 3.8) is 0 Å². The van der Waals surface area contributed by atoms with Crippen molar-refractivity contribution in [1.29, 1.82) is 0 Å². The lowest BCUT2D eigenvalue weighted by atomic mass is 10.0. The molecule has 0 amide bonds. The highest BCUT2D eigenvalue weighted by molar-refractivity contribution is 4.65. The van der Waals surface area contributed by atoms with E-state index in [1.54, 1.807) is 0 Å². The van der Waals surface area contributed by atoms with Crippen LogP contribution in [0.2, 0.25) is 0 Å². The minimum atomic E-state index is 0.767. The van der Waals surface area contributed by atoms with E-state index >= 15 is 0 Å². The van der Waals surface area contributed by atoms with Crippen molar-refractivity contribution in [3.8, 4) is 0 Å². The van der Waals surface area contributed by atoms with E-state index < -0.39 is 0 Å². The van der Waals surface area contributed by atoms with Crippen LogP contribution < -0.4 is 10.6 Å². The maximum absolute atomic E-state index is 3.70. The van der Waals surface area contributed by atoms with Gasteiger partial charge in [0, 0.05) is 13.0 Å². The molecule has 0 aromatic carbocycles. The Morgan fingerprint density at radius 3 is 2.05 bits per heavy atom. The molecule has 134 valence electrons. The van der Waals surface area contributed by atoms with Crippen LogP contribution in [0.15, 0.2) is 0 Å². The van der Waals surface area contributed by atoms with Crippen molar-refractivity contribution >= 4 is 0 Å². The van der Waals surface area contributed by atoms with Crippen molar-refractivity contribution in [1.82, 2.24) is 10.6 Å². The van der Waals surface area contributed by atoms with Gasteiger partial charge in [0.2, 0.25) is 0 Å². The predicted octanol–water partition coefficient (Wildman–Crippen LogP) is 3.65. The van der Waals surface area contributed by atoms with Gasteiger partial charge >= 0.3 is 0 Å². The molecule has 0 aromatic heterocycles. The average Bonchev–Trinajstić information content (AvgIpc) is 2.51.